The Kier molecular flexibility index (Phi) is 24.8. The first kappa shape index (κ1) is 38.1. The van der Waals surface area contributed by atoms with Gasteiger partial charge in [0, 0.05) is 6.61 Å². The molecule has 5 N–H and O–H groups in total. The summed E-state index contributed by atoms with van der Waals surface area (Å²) in [6, 6.07) is 0. The Hall–Kier alpha value is -0.930. The van der Waals surface area contributed by atoms with Gasteiger partial charge in [-0.05, 0) is 6.42 Å². The molecule has 0 aromatic rings. The average molecular weight is 596 g/mol. The predicted molar refractivity (Wildman–Crippen MR) is 152 cm³/mol. The quantitative estimate of drug-likeness (QED) is 0.0828. The maximum atomic E-state index is 12.0. The minimum atomic E-state index is -1.54. The fourth-order valence-corrected chi connectivity index (χ4v) is 4.29. The number of rotatable bonds is 28. The molecule has 0 radical (unpaired) electrons. The van der Waals surface area contributed by atoms with Gasteiger partial charge in [0.2, 0.25) is 5.91 Å². The van der Waals surface area contributed by atoms with Crippen molar-refractivity contribution < 1.29 is 53.6 Å². The first-order valence-electron chi connectivity index (χ1n) is 15.5. The lowest BCUT2D eigenvalue weighted by Crippen LogP contribution is -2.63. The van der Waals surface area contributed by atoms with E-state index >= 15 is 0 Å². The highest BCUT2D eigenvalue weighted by molar-refractivity contribution is 5.76. The van der Waals surface area contributed by atoms with Gasteiger partial charge in [-0.15, -0.1) is 0 Å². The van der Waals surface area contributed by atoms with Crippen LogP contribution < -0.4 is 5.32 Å². The highest BCUT2D eigenvalue weighted by Gasteiger charge is 2.43. The predicted octanol–water partition coefficient (Wildman–Crippen LogP) is 1.30. The van der Waals surface area contributed by atoms with Gasteiger partial charge in [0.1, 0.15) is 24.4 Å². The molecule has 41 heavy (non-hydrogen) atoms. The van der Waals surface area contributed by atoms with Crippen molar-refractivity contribution in [2.75, 3.05) is 72.7 Å². The zero-order valence-corrected chi connectivity index (χ0v) is 25.1. The van der Waals surface area contributed by atoms with Crippen molar-refractivity contribution in [1.82, 2.24) is 5.32 Å². The molecule has 5 atom stereocenters. The second kappa shape index (κ2) is 26.7. The summed E-state index contributed by atoms with van der Waals surface area (Å²) in [4.78, 5) is 12.0. The zero-order chi connectivity index (χ0) is 30.0. The standard InChI is InChI=1S/C29H57NO11/c1-2-3-4-5-6-7-8-9-10-11-13-36-15-17-38-19-21-40-22-20-39-18-16-37-14-12-25(32)30-29-28(35)27(34)26(33)24(23-31)41-29/h24,26-29,31,33-35H,2-23H2,1H3,(H,30,32)/t24-,26-,27+,28-,29-/m1/s1. The lowest BCUT2D eigenvalue weighted by Gasteiger charge is -2.40. The molecule has 0 bridgehead atoms. The molecule has 1 aliphatic heterocycles. The second-order valence-corrected chi connectivity index (χ2v) is 10.3. The van der Waals surface area contributed by atoms with Gasteiger partial charge in [-0.25, -0.2) is 0 Å². The lowest BCUT2D eigenvalue weighted by atomic mass is 9.98. The summed E-state index contributed by atoms with van der Waals surface area (Å²) in [5, 5.41) is 41.0. The number of hydrogen-bond donors (Lipinski definition) is 5. The Bertz CT molecular complexity index is 599. The fraction of sp³-hybridized carbons (Fsp3) is 0.966. The summed E-state index contributed by atoms with van der Waals surface area (Å²) in [7, 11) is 0. The van der Waals surface area contributed by atoms with E-state index in [1.807, 2.05) is 0 Å². The maximum Gasteiger partial charge on any atom is 0.224 e. The van der Waals surface area contributed by atoms with E-state index in [4.69, 9.17) is 28.4 Å². The van der Waals surface area contributed by atoms with E-state index in [9.17, 15) is 25.2 Å². The molecule has 0 aliphatic carbocycles. The number of hydrogen-bond acceptors (Lipinski definition) is 11. The van der Waals surface area contributed by atoms with E-state index < -0.39 is 43.2 Å². The van der Waals surface area contributed by atoms with Gasteiger partial charge in [0.25, 0.3) is 0 Å². The number of carbonyl (C=O) groups is 1. The normalized spacial score (nSPS) is 22.7. The van der Waals surface area contributed by atoms with Crippen molar-refractivity contribution in [3.63, 3.8) is 0 Å². The Morgan fingerprint density at radius 3 is 1.54 bits per heavy atom. The molecule has 0 saturated carbocycles. The molecule has 0 aromatic heterocycles. The number of aliphatic hydroxyl groups is 4. The third-order valence-electron chi connectivity index (χ3n) is 6.80. The maximum absolute atomic E-state index is 12.0. The molecular formula is C29H57NO11. The number of unbranched alkanes of at least 4 members (excludes halogenated alkanes) is 9. The molecule has 0 spiro atoms. The largest absolute Gasteiger partial charge is 0.394 e. The Balaban J connectivity index is 1.78. The first-order valence-corrected chi connectivity index (χ1v) is 15.5. The van der Waals surface area contributed by atoms with Crippen LogP contribution in [0.5, 0.6) is 0 Å². The molecule has 1 aliphatic rings. The van der Waals surface area contributed by atoms with Crippen molar-refractivity contribution in [2.24, 2.45) is 0 Å². The van der Waals surface area contributed by atoms with Crippen LogP contribution in [0.1, 0.15) is 77.6 Å². The molecule has 1 heterocycles. The Morgan fingerprint density at radius 2 is 1.05 bits per heavy atom. The molecule has 0 unspecified atom stereocenters. The summed E-state index contributed by atoms with van der Waals surface area (Å²) in [5.74, 6) is -0.466. The van der Waals surface area contributed by atoms with Gasteiger partial charge in [0.05, 0.1) is 72.5 Å². The molecule has 1 rings (SSSR count). The lowest BCUT2D eigenvalue weighted by molar-refractivity contribution is -0.236. The number of carbonyl (C=O) groups excluding carboxylic acids is 1. The van der Waals surface area contributed by atoms with Crippen molar-refractivity contribution in [3.8, 4) is 0 Å². The van der Waals surface area contributed by atoms with E-state index in [0.29, 0.717) is 52.9 Å². The summed E-state index contributed by atoms with van der Waals surface area (Å²) in [5.41, 5.74) is 0. The van der Waals surface area contributed by atoms with Gasteiger partial charge in [-0.1, -0.05) is 64.7 Å². The SMILES string of the molecule is CCCCCCCCCCCCOCCOCCOCCOCCOCCC(=O)N[C@@H]1O[C@H](CO)[C@@H](O)[C@H](O)[C@H]1O. The molecule has 1 fully saturated rings. The highest BCUT2D eigenvalue weighted by atomic mass is 16.6. The smallest absolute Gasteiger partial charge is 0.224 e. The topological polar surface area (TPSA) is 165 Å². The van der Waals surface area contributed by atoms with Crippen molar-refractivity contribution >= 4 is 5.91 Å². The number of nitrogens with one attached hydrogen (secondary N) is 1. The molecule has 1 saturated heterocycles. The van der Waals surface area contributed by atoms with Crippen LogP contribution in [0.4, 0.5) is 0 Å². The summed E-state index contributed by atoms with van der Waals surface area (Å²) < 4.78 is 32.6. The molecule has 1 amide bonds. The third kappa shape index (κ3) is 19.8. The summed E-state index contributed by atoms with van der Waals surface area (Å²) >= 11 is 0. The van der Waals surface area contributed by atoms with Crippen molar-refractivity contribution in [1.29, 1.82) is 0 Å². The Labute approximate surface area is 246 Å². The van der Waals surface area contributed by atoms with Gasteiger partial charge < -0.3 is 54.2 Å². The van der Waals surface area contributed by atoms with Crippen LogP contribution in [0, 0.1) is 0 Å². The third-order valence-corrected chi connectivity index (χ3v) is 6.80. The molecule has 12 heteroatoms. The second-order valence-electron chi connectivity index (χ2n) is 10.3. The van der Waals surface area contributed by atoms with Crippen LogP contribution in [0.15, 0.2) is 0 Å². The minimum Gasteiger partial charge on any atom is -0.394 e. The van der Waals surface area contributed by atoms with Crippen molar-refractivity contribution in [2.45, 2.75) is 108 Å². The average Bonchev–Trinajstić information content (AvgIpc) is 2.97. The van der Waals surface area contributed by atoms with Crippen LogP contribution in [0.25, 0.3) is 0 Å². The van der Waals surface area contributed by atoms with Crippen LogP contribution in [0.3, 0.4) is 0 Å². The molecule has 12 nitrogen and oxygen atoms in total. The van der Waals surface area contributed by atoms with Crippen LogP contribution in [-0.4, -0.2) is 130 Å². The van der Waals surface area contributed by atoms with E-state index in [0.717, 1.165) is 13.0 Å². The molecular weight excluding hydrogens is 538 g/mol. The highest BCUT2D eigenvalue weighted by Crippen LogP contribution is 2.19. The first-order chi connectivity index (χ1) is 20.0. The minimum absolute atomic E-state index is 0.00246. The number of amides is 1. The summed E-state index contributed by atoms with van der Waals surface area (Å²) in [6.45, 7) is 6.31. The molecule has 0 aromatic carbocycles. The number of aliphatic hydroxyl groups excluding tert-OH is 4. The van der Waals surface area contributed by atoms with Crippen LogP contribution >= 0.6 is 0 Å². The van der Waals surface area contributed by atoms with Gasteiger partial charge in [-0.2, -0.15) is 0 Å². The van der Waals surface area contributed by atoms with Crippen molar-refractivity contribution in [3.05, 3.63) is 0 Å². The van der Waals surface area contributed by atoms with Gasteiger partial charge >= 0.3 is 0 Å². The van der Waals surface area contributed by atoms with E-state index in [1.54, 1.807) is 0 Å². The van der Waals surface area contributed by atoms with Gasteiger partial charge in [0.15, 0.2) is 6.23 Å². The van der Waals surface area contributed by atoms with E-state index in [1.165, 1.54) is 57.8 Å². The zero-order valence-electron chi connectivity index (χ0n) is 25.1. The molecule has 244 valence electrons. The van der Waals surface area contributed by atoms with Crippen LogP contribution in [0.2, 0.25) is 0 Å². The Morgan fingerprint density at radius 1 is 0.610 bits per heavy atom. The van der Waals surface area contributed by atoms with E-state index in [2.05, 4.69) is 12.2 Å². The van der Waals surface area contributed by atoms with E-state index in [-0.39, 0.29) is 13.0 Å². The monoisotopic (exact) mass is 595 g/mol. The van der Waals surface area contributed by atoms with Gasteiger partial charge in [-0.3, -0.25) is 4.79 Å². The fourth-order valence-electron chi connectivity index (χ4n) is 4.29. The summed E-state index contributed by atoms with van der Waals surface area (Å²) in [6.07, 6.45) is 6.36. The van der Waals surface area contributed by atoms with Crippen LogP contribution in [-0.2, 0) is 33.2 Å². The number of ether oxygens (including phenoxy) is 6.